The van der Waals surface area contributed by atoms with Crippen LogP contribution in [-0.2, 0) is 4.79 Å². The molecule has 14 heavy (non-hydrogen) atoms. The Morgan fingerprint density at radius 2 is 1.93 bits per heavy atom. The van der Waals surface area contributed by atoms with Crippen molar-refractivity contribution < 1.29 is 9.90 Å². The molecule has 80 valence electrons. The summed E-state index contributed by atoms with van der Waals surface area (Å²) in [6, 6.07) is 0.604. The summed E-state index contributed by atoms with van der Waals surface area (Å²) in [5, 5.41) is 9.57. The van der Waals surface area contributed by atoms with Crippen LogP contribution in [0.5, 0.6) is 0 Å². The lowest BCUT2D eigenvalue weighted by Crippen LogP contribution is -2.48. The van der Waals surface area contributed by atoms with Crippen LogP contribution >= 0.6 is 12.6 Å². The summed E-state index contributed by atoms with van der Waals surface area (Å²) >= 11 is 4.08. The van der Waals surface area contributed by atoms with Gasteiger partial charge in [0.1, 0.15) is 0 Å². The first kappa shape index (κ1) is 10.3. The van der Waals surface area contributed by atoms with Crippen molar-refractivity contribution in [2.45, 2.75) is 50.3 Å². The van der Waals surface area contributed by atoms with E-state index in [2.05, 4.69) is 12.6 Å². The second-order valence-electron chi connectivity index (χ2n) is 4.28. The highest BCUT2D eigenvalue weighted by atomic mass is 32.1. The predicted octanol–water partition coefficient (Wildman–Crippen LogP) is 0.821. The van der Waals surface area contributed by atoms with Crippen LogP contribution in [0.15, 0.2) is 0 Å². The molecule has 0 aromatic rings. The molecule has 2 rings (SSSR count). The Labute approximate surface area is 89.9 Å². The third-order valence-corrected chi connectivity index (χ3v) is 3.55. The van der Waals surface area contributed by atoms with E-state index < -0.39 is 0 Å². The number of piperidine rings is 1. The number of amides is 1. The molecule has 1 N–H and O–H groups in total. The summed E-state index contributed by atoms with van der Waals surface area (Å²) < 4.78 is 0. The molecule has 0 saturated carbocycles. The molecule has 2 bridgehead atoms. The SMILES string of the molecule is O=C(CCS)N1C2CCC1CC(O)C2. The summed E-state index contributed by atoms with van der Waals surface area (Å²) in [4.78, 5) is 13.8. The van der Waals surface area contributed by atoms with Crippen molar-refractivity contribution in [3.05, 3.63) is 0 Å². The number of aliphatic hydroxyl groups is 1. The van der Waals surface area contributed by atoms with Crippen molar-refractivity contribution in [2.75, 3.05) is 5.75 Å². The normalized spacial score (nSPS) is 36.1. The van der Waals surface area contributed by atoms with E-state index in [9.17, 15) is 9.90 Å². The van der Waals surface area contributed by atoms with Crippen molar-refractivity contribution in [2.24, 2.45) is 0 Å². The first-order valence-electron chi connectivity index (χ1n) is 5.32. The minimum absolute atomic E-state index is 0.187. The maximum absolute atomic E-state index is 11.8. The van der Waals surface area contributed by atoms with Gasteiger partial charge in [0.05, 0.1) is 6.10 Å². The van der Waals surface area contributed by atoms with E-state index in [1.54, 1.807) is 0 Å². The van der Waals surface area contributed by atoms with E-state index in [0.29, 0.717) is 24.3 Å². The van der Waals surface area contributed by atoms with E-state index >= 15 is 0 Å². The van der Waals surface area contributed by atoms with E-state index in [1.807, 2.05) is 4.90 Å². The van der Waals surface area contributed by atoms with Gasteiger partial charge in [-0.2, -0.15) is 12.6 Å². The number of hydrogen-bond acceptors (Lipinski definition) is 3. The van der Waals surface area contributed by atoms with Crippen molar-refractivity contribution in [3.8, 4) is 0 Å². The first-order chi connectivity index (χ1) is 6.72. The quantitative estimate of drug-likeness (QED) is 0.670. The monoisotopic (exact) mass is 215 g/mol. The van der Waals surface area contributed by atoms with Gasteiger partial charge < -0.3 is 10.0 Å². The molecule has 0 radical (unpaired) electrons. The minimum Gasteiger partial charge on any atom is -0.393 e. The Morgan fingerprint density at radius 1 is 1.36 bits per heavy atom. The fraction of sp³-hybridized carbons (Fsp3) is 0.900. The maximum atomic E-state index is 11.8. The van der Waals surface area contributed by atoms with Crippen LogP contribution in [-0.4, -0.2) is 39.9 Å². The second-order valence-corrected chi connectivity index (χ2v) is 4.73. The third-order valence-electron chi connectivity index (χ3n) is 3.32. The summed E-state index contributed by atoms with van der Waals surface area (Å²) in [6.45, 7) is 0. The molecule has 2 atom stereocenters. The molecule has 3 nitrogen and oxygen atoms in total. The van der Waals surface area contributed by atoms with Gasteiger partial charge in [-0.05, 0) is 31.4 Å². The topological polar surface area (TPSA) is 40.5 Å². The molecular weight excluding hydrogens is 198 g/mol. The summed E-state index contributed by atoms with van der Waals surface area (Å²) in [5.74, 6) is 0.844. The van der Waals surface area contributed by atoms with Crippen molar-refractivity contribution in [1.29, 1.82) is 0 Å². The number of fused-ring (bicyclic) bond motifs is 2. The van der Waals surface area contributed by atoms with Gasteiger partial charge >= 0.3 is 0 Å². The highest BCUT2D eigenvalue weighted by Gasteiger charge is 2.42. The Hall–Kier alpha value is -0.220. The van der Waals surface area contributed by atoms with E-state index in [-0.39, 0.29) is 12.0 Å². The molecular formula is C10H17NO2S. The molecule has 2 aliphatic rings. The Kier molecular flexibility index (Phi) is 3.02. The number of rotatable bonds is 2. The number of nitrogens with zero attached hydrogens (tertiary/aromatic N) is 1. The zero-order chi connectivity index (χ0) is 10.1. The van der Waals surface area contributed by atoms with Gasteiger partial charge in [0.2, 0.25) is 5.91 Å². The van der Waals surface area contributed by atoms with Gasteiger partial charge in [0.25, 0.3) is 0 Å². The van der Waals surface area contributed by atoms with E-state index in [0.717, 1.165) is 25.7 Å². The summed E-state index contributed by atoms with van der Waals surface area (Å²) in [7, 11) is 0. The van der Waals surface area contributed by atoms with E-state index in [1.165, 1.54) is 0 Å². The van der Waals surface area contributed by atoms with Crippen molar-refractivity contribution in [1.82, 2.24) is 4.90 Å². The lowest BCUT2D eigenvalue weighted by molar-refractivity contribution is -0.136. The standard InChI is InChI=1S/C10H17NO2S/c12-9-5-7-1-2-8(6-9)11(7)10(13)3-4-14/h7-9,12,14H,1-6H2. The highest BCUT2D eigenvalue weighted by Crippen LogP contribution is 2.36. The summed E-state index contributed by atoms with van der Waals surface area (Å²) in [6.07, 6.45) is 4.03. The number of hydrogen-bond donors (Lipinski definition) is 2. The van der Waals surface area contributed by atoms with Crippen LogP contribution < -0.4 is 0 Å². The molecule has 2 aliphatic heterocycles. The molecule has 2 saturated heterocycles. The van der Waals surface area contributed by atoms with Gasteiger partial charge in [-0.1, -0.05) is 0 Å². The lowest BCUT2D eigenvalue weighted by atomic mass is 9.99. The summed E-state index contributed by atoms with van der Waals surface area (Å²) in [5.41, 5.74) is 0. The molecule has 0 spiro atoms. The third kappa shape index (κ3) is 1.77. The number of thiol groups is 1. The molecule has 0 aromatic heterocycles. The first-order valence-corrected chi connectivity index (χ1v) is 5.95. The molecule has 1 amide bonds. The largest absolute Gasteiger partial charge is 0.393 e. The van der Waals surface area contributed by atoms with Gasteiger partial charge in [0, 0.05) is 18.5 Å². The molecule has 2 fully saturated rings. The van der Waals surface area contributed by atoms with Crippen molar-refractivity contribution in [3.63, 3.8) is 0 Å². The predicted molar refractivity (Wildman–Crippen MR) is 57.4 cm³/mol. The van der Waals surface area contributed by atoms with Crippen LogP contribution in [0, 0.1) is 0 Å². The number of carbonyl (C=O) groups is 1. The molecule has 4 heteroatoms. The fourth-order valence-corrected chi connectivity index (χ4v) is 2.97. The zero-order valence-electron chi connectivity index (χ0n) is 8.22. The lowest BCUT2D eigenvalue weighted by Gasteiger charge is -2.37. The smallest absolute Gasteiger partial charge is 0.223 e. The number of carbonyl (C=O) groups excluding carboxylic acids is 1. The Morgan fingerprint density at radius 3 is 2.43 bits per heavy atom. The van der Waals surface area contributed by atoms with Crippen LogP contribution in [0.2, 0.25) is 0 Å². The molecule has 2 unspecified atom stereocenters. The van der Waals surface area contributed by atoms with Gasteiger partial charge in [-0.3, -0.25) is 4.79 Å². The van der Waals surface area contributed by atoms with Gasteiger partial charge in [-0.25, -0.2) is 0 Å². The van der Waals surface area contributed by atoms with Crippen LogP contribution in [0.3, 0.4) is 0 Å². The van der Waals surface area contributed by atoms with Gasteiger partial charge in [0.15, 0.2) is 0 Å². The second kappa shape index (κ2) is 4.11. The number of aliphatic hydroxyl groups excluding tert-OH is 1. The van der Waals surface area contributed by atoms with Crippen molar-refractivity contribution >= 4 is 18.5 Å². The highest BCUT2D eigenvalue weighted by molar-refractivity contribution is 7.80. The minimum atomic E-state index is -0.187. The van der Waals surface area contributed by atoms with Crippen LogP contribution in [0.4, 0.5) is 0 Å². The van der Waals surface area contributed by atoms with Crippen LogP contribution in [0.25, 0.3) is 0 Å². The zero-order valence-corrected chi connectivity index (χ0v) is 9.12. The average molecular weight is 215 g/mol. The average Bonchev–Trinajstić information content (AvgIpc) is 2.39. The van der Waals surface area contributed by atoms with Crippen LogP contribution in [0.1, 0.15) is 32.1 Å². The fourth-order valence-electron chi connectivity index (χ4n) is 2.78. The Bertz CT molecular complexity index is 220. The van der Waals surface area contributed by atoms with E-state index in [4.69, 9.17) is 0 Å². The molecule has 0 aliphatic carbocycles. The molecule has 0 aromatic carbocycles. The Balaban J connectivity index is 2.03. The molecule has 2 heterocycles. The maximum Gasteiger partial charge on any atom is 0.223 e. The van der Waals surface area contributed by atoms with Gasteiger partial charge in [-0.15, -0.1) is 0 Å².